The number of carbonyl (C=O) groups is 1. The highest BCUT2D eigenvalue weighted by atomic mass is 16.5. The number of hydrogen-bond donors (Lipinski definition) is 0. The molecular formula is C22H26N4O2. The van der Waals surface area contributed by atoms with Crippen LogP contribution in [0.2, 0.25) is 0 Å². The maximum absolute atomic E-state index is 13.4. The Bertz CT molecular complexity index is 1010. The highest BCUT2D eigenvalue weighted by molar-refractivity contribution is 6.07. The smallest absolute Gasteiger partial charge is 0.254 e. The van der Waals surface area contributed by atoms with Crippen LogP contribution >= 0.6 is 0 Å². The zero-order valence-electron chi connectivity index (χ0n) is 16.7. The van der Waals surface area contributed by atoms with Crippen molar-refractivity contribution in [1.82, 2.24) is 19.7 Å². The summed E-state index contributed by atoms with van der Waals surface area (Å²) in [5, 5.41) is 5.27. The molecule has 0 aliphatic carbocycles. The maximum atomic E-state index is 13.4. The molecule has 1 saturated heterocycles. The first kappa shape index (κ1) is 18.5. The molecule has 0 spiro atoms. The number of rotatable bonds is 5. The molecule has 0 unspecified atom stereocenters. The minimum atomic E-state index is 0.0739. The molecule has 1 amide bonds. The van der Waals surface area contributed by atoms with Crippen LogP contribution in [0.3, 0.4) is 0 Å². The molecule has 6 nitrogen and oxygen atoms in total. The Balaban J connectivity index is 1.85. The van der Waals surface area contributed by atoms with Gasteiger partial charge in [0, 0.05) is 42.3 Å². The van der Waals surface area contributed by atoms with E-state index in [4.69, 9.17) is 9.72 Å². The van der Waals surface area contributed by atoms with Gasteiger partial charge in [0.05, 0.1) is 30.1 Å². The molecule has 6 heteroatoms. The van der Waals surface area contributed by atoms with Crippen molar-refractivity contribution < 1.29 is 9.53 Å². The molecule has 1 aromatic carbocycles. The molecule has 0 N–H and O–H groups in total. The second-order valence-electron chi connectivity index (χ2n) is 7.42. The lowest BCUT2D eigenvalue weighted by Gasteiger charge is -2.22. The fourth-order valence-electron chi connectivity index (χ4n) is 3.90. The van der Waals surface area contributed by atoms with Gasteiger partial charge in [-0.25, -0.2) is 4.98 Å². The summed E-state index contributed by atoms with van der Waals surface area (Å²) in [5.41, 5.74) is 3.13. The lowest BCUT2D eigenvalue weighted by atomic mass is 10.0. The van der Waals surface area contributed by atoms with Crippen molar-refractivity contribution in [2.75, 3.05) is 13.7 Å². The van der Waals surface area contributed by atoms with Crippen LogP contribution in [-0.4, -0.2) is 45.3 Å². The van der Waals surface area contributed by atoms with Crippen molar-refractivity contribution in [2.45, 2.75) is 45.7 Å². The predicted octanol–water partition coefficient (Wildman–Crippen LogP) is 4.14. The second kappa shape index (κ2) is 7.62. The van der Waals surface area contributed by atoms with E-state index in [0.717, 1.165) is 60.3 Å². The Morgan fingerprint density at radius 3 is 2.89 bits per heavy atom. The van der Waals surface area contributed by atoms with Gasteiger partial charge in [-0.3, -0.25) is 9.48 Å². The molecule has 0 saturated carbocycles. The van der Waals surface area contributed by atoms with Gasteiger partial charge >= 0.3 is 0 Å². The number of fused-ring (bicyclic) bond motifs is 1. The highest BCUT2D eigenvalue weighted by Crippen LogP contribution is 2.30. The van der Waals surface area contributed by atoms with Crippen LogP contribution in [0.5, 0.6) is 5.75 Å². The molecule has 3 aromatic rings. The largest absolute Gasteiger partial charge is 0.497 e. The molecule has 0 bridgehead atoms. The highest BCUT2D eigenvalue weighted by Gasteiger charge is 2.28. The van der Waals surface area contributed by atoms with E-state index in [9.17, 15) is 4.79 Å². The fourth-order valence-corrected chi connectivity index (χ4v) is 3.90. The van der Waals surface area contributed by atoms with Crippen LogP contribution in [0, 0.1) is 0 Å². The quantitative estimate of drug-likeness (QED) is 0.669. The zero-order valence-corrected chi connectivity index (χ0v) is 16.7. The fraction of sp³-hybridized carbons (Fsp3) is 0.409. The van der Waals surface area contributed by atoms with E-state index in [1.54, 1.807) is 7.11 Å². The first-order chi connectivity index (χ1) is 13.6. The van der Waals surface area contributed by atoms with Gasteiger partial charge in [-0.05, 0) is 44.4 Å². The minimum Gasteiger partial charge on any atom is -0.497 e. The number of methoxy groups -OCH3 is 1. The van der Waals surface area contributed by atoms with Crippen LogP contribution in [-0.2, 0) is 6.54 Å². The van der Waals surface area contributed by atoms with E-state index in [1.807, 2.05) is 46.2 Å². The predicted molar refractivity (Wildman–Crippen MR) is 110 cm³/mol. The number of ether oxygens (including phenoxy) is 1. The van der Waals surface area contributed by atoms with Gasteiger partial charge in [0.2, 0.25) is 0 Å². The maximum Gasteiger partial charge on any atom is 0.254 e. The average molecular weight is 378 g/mol. The topological polar surface area (TPSA) is 60.2 Å². The first-order valence-corrected chi connectivity index (χ1v) is 9.93. The third kappa shape index (κ3) is 3.35. The normalized spacial score (nSPS) is 16.7. The standard InChI is InChI=1S/C22H26N4O2/c1-4-9-25-14-16(13-23-25)20-12-19(22(27)26-10-5-6-15(26)2)18-8-7-17(28-3)11-21(18)24-20/h7-8,11-15H,4-6,9-10H2,1-3H3/t15-/m1/s1. The van der Waals surface area contributed by atoms with Crippen molar-refractivity contribution in [2.24, 2.45) is 0 Å². The summed E-state index contributed by atoms with van der Waals surface area (Å²) in [6.07, 6.45) is 6.93. The number of aromatic nitrogens is 3. The van der Waals surface area contributed by atoms with Crippen LogP contribution in [0.1, 0.15) is 43.5 Å². The van der Waals surface area contributed by atoms with Gasteiger partial charge in [0.15, 0.2) is 0 Å². The van der Waals surface area contributed by atoms with Gasteiger partial charge in [0.25, 0.3) is 5.91 Å². The third-order valence-corrected chi connectivity index (χ3v) is 5.44. The zero-order chi connectivity index (χ0) is 19.7. The van der Waals surface area contributed by atoms with Crippen molar-refractivity contribution in [3.63, 3.8) is 0 Å². The number of amides is 1. The molecule has 1 aliphatic rings. The molecule has 146 valence electrons. The first-order valence-electron chi connectivity index (χ1n) is 9.93. The number of nitrogens with zero attached hydrogens (tertiary/aromatic N) is 4. The second-order valence-corrected chi connectivity index (χ2v) is 7.42. The van der Waals surface area contributed by atoms with E-state index >= 15 is 0 Å². The van der Waals surface area contributed by atoms with Gasteiger partial charge in [-0.2, -0.15) is 5.10 Å². The molecule has 3 heterocycles. The minimum absolute atomic E-state index is 0.0739. The number of aryl methyl sites for hydroxylation is 1. The van der Waals surface area contributed by atoms with Crippen LogP contribution < -0.4 is 4.74 Å². The van der Waals surface area contributed by atoms with Crippen LogP contribution in [0.4, 0.5) is 0 Å². The van der Waals surface area contributed by atoms with E-state index < -0.39 is 0 Å². The lowest BCUT2D eigenvalue weighted by molar-refractivity contribution is 0.0749. The lowest BCUT2D eigenvalue weighted by Crippen LogP contribution is -2.33. The SMILES string of the molecule is CCCn1cc(-c2cc(C(=O)N3CCC[C@H]3C)c3ccc(OC)cc3n2)cn1. The Morgan fingerprint density at radius 2 is 2.18 bits per heavy atom. The Morgan fingerprint density at radius 1 is 1.32 bits per heavy atom. The third-order valence-electron chi connectivity index (χ3n) is 5.44. The van der Waals surface area contributed by atoms with Crippen LogP contribution in [0.25, 0.3) is 22.2 Å². The van der Waals surface area contributed by atoms with Gasteiger partial charge in [0.1, 0.15) is 5.75 Å². The van der Waals surface area contributed by atoms with E-state index in [1.165, 1.54) is 0 Å². The molecule has 1 aliphatic heterocycles. The van der Waals surface area contributed by atoms with Gasteiger partial charge < -0.3 is 9.64 Å². The van der Waals surface area contributed by atoms with Crippen molar-refractivity contribution >= 4 is 16.8 Å². The van der Waals surface area contributed by atoms with Gasteiger partial charge in [-0.1, -0.05) is 6.92 Å². The molecule has 1 fully saturated rings. The number of carbonyl (C=O) groups excluding carboxylic acids is 1. The Hall–Kier alpha value is -2.89. The van der Waals surface area contributed by atoms with E-state index in [-0.39, 0.29) is 11.9 Å². The van der Waals surface area contributed by atoms with E-state index in [0.29, 0.717) is 5.56 Å². The Kier molecular flexibility index (Phi) is 5.03. The van der Waals surface area contributed by atoms with Crippen molar-refractivity contribution in [3.8, 4) is 17.0 Å². The summed E-state index contributed by atoms with van der Waals surface area (Å²) < 4.78 is 7.28. The number of benzene rings is 1. The molecule has 28 heavy (non-hydrogen) atoms. The number of pyridine rings is 1. The summed E-state index contributed by atoms with van der Waals surface area (Å²) in [4.78, 5) is 20.2. The van der Waals surface area contributed by atoms with Crippen molar-refractivity contribution in [1.29, 1.82) is 0 Å². The molecule has 2 aromatic heterocycles. The van der Waals surface area contributed by atoms with Crippen LogP contribution in [0.15, 0.2) is 36.7 Å². The Labute approximate surface area is 165 Å². The molecule has 0 radical (unpaired) electrons. The molecule has 4 rings (SSSR count). The molecular weight excluding hydrogens is 352 g/mol. The summed E-state index contributed by atoms with van der Waals surface area (Å²) in [7, 11) is 1.64. The monoisotopic (exact) mass is 378 g/mol. The average Bonchev–Trinajstić information content (AvgIpc) is 3.35. The summed E-state index contributed by atoms with van der Waals surface area (Å²) in [5.74, 6) is 0.802. The summed E-state index contributed by atoms with van der Waals surface area (Å²) in [6.45, 7) is 5.91. The summed E-state index contributed by atoms with van der Waals surface area (Å²) in [6, 6.07) is 7.88. The van der Waals surface area contributed by atoms with Crippen molar-refractivity contribution in [3.05, 3.63) is 42.2 Å². The summed E-state index contributed by atoms with van der Waals surface area (Å²) >= 11 is 0. The number of hydrogen-bond acceptors (Lipinski definition) is 4. The van der Waals surface area contributed by atoms with Gasteiger partial charge in [-0.15, -0.1) is 0 Å². The number of likely N-dealkylation sites (tertiary alicyclic amines) is 1. The van der Waals surface area contributed by atoms with E-state index in [2.05, 4.69) is 18.9 Å². The molecule has 1 atom stereocenters.